The van der Waals surface area contributed by atoms with Gasteiger partial charge in [0.2, 0.25) is 0 Å². The van der Waals surface area contributed by atoms with Gasteiger partial charge in [-0.1, -0.05) is 36.4 Å². The minimum Gasteiger partial charge on any atom is -0.488 e. The number of ether oxygens (including phenoxy) is 1. The van der Waals surface area contributed by atoms with E-state index < -0.39 is 0 Å². The molecule has 1 aromatic heterocycles. The molecule has 2 heterocycles. The van der Waals surface area contributed by atoms with Crippen molar-refractivity contribution in [1.29, 1.82) is 0 Å². The summed E-state index contributed by atoms with van der Waals surface area (Å²) in [6, 6.07) is 21.3. The predicted molar refractivity (Wildman–Crippen MR) is 98.0 cm³/mol. The number of furan rings is 1. The van der Waals surface area contributed by atoms with Gasteiger partial charge in [0.25, 0.3) is 0 Å². The number of carbonyl (C=O) groups excluding carboxylic acids is 1. The van der Waals surface area contributed by atoms with E-state index in [4.69, 9.17) is 9.15 Å². The molecule has 0 amide bonds. The Kier molecular flexibility index (Phi) is 3.01. The maximum absolute atomic E-state index is 12.7. The third-order valence-corrected chi connectivity index (χ3v) is 4.55. The number of para-hydroxylation sites is 2. The molecule has 4 aromatic rings. The summed E-state index contributed by atoms with van der Waals surface area (Å²) in [7, 11) is 0. The van der Waals surface area contributed by atoms with Crippen LogP contribution in [0.4, 0.5) is 0 Å². The maximum Gasteiger partial charge on any atom is 0.196 e. The van der Waals surface area contributed by atoms with E-state index in [1.807, 2.05) is 60.7 Å². The molecule has 3 aromatic carbocycles. The average molecular weight is 326 g/mol. The molecule has 0 radical (unpaired) electrons. The fourth-order valence-electron chi connectivity index (χ4n) is 3.32. The number of Topliss-reactive ketones (excluding diaryl/α,β-unsaturated/α-hetero) is 1. The zero-order valence-corrected chi connectivity index (χ0v) is 13.4. The van der Waals surface area contributed by atoms with Crippen LogP contribution in [-0.4, -0.2) is 12.4 Å². The second-order valence-electron chi connectivity index (χ2n) is 6.14. The molecular weight excluding hydrogens is 312 g/mol. The van der Waals surface area contributed by atoms with Crippen molar-refractivity contribution in [3.8, 4) is 5.75 Å². The first-order valence-electron chi connectivity index (χ1n) is 8.18. The van der Waals surface area contributed by atoms with Crippen molar-refractivity contribution in [2.45, 2.75) is 0 Å². The summed E-state index contributed by atoms with van der Waals surface area (Å²) in [5.41, 5.74) is 3.96. The van der Waals surface area contributed by atoms with Crippen LogP contribution in [0.3, 0.4) is 0 Å². The van der Waals surface area contributed by atoms with Gasteiger partial charge in [-0.3, -0.25) is 4.79 Å². The summed E-state index contributed by atoms with van der Waals surface area (Å²) in [6.45, 7) is 0.292. The van der Waals surface area contributed by atoms with E-state index in [0.717, 1.165) is 27.5 Å². The first kappa shape index (κ1) is 14.1. The molecule has 120 valence electrons. The number of ketones is 1. The van der Waals surface area contributed by atoms with Gasteiger partial charge in [-0.05, 0) is 42.0 Å². The molecule has 0 N–H and O–H groups in total. The van der Waals surface area contributed by atoms with Gasteiger partial charge in [0, 0.05) is 16.3 Å². The molecule has 5 rings (SSSR count). The quantitative estimate of drug-likeness (QED) is 0.449. The lowest BCUT2D eigenvalue weighted by Gasteiger charge is -2.18. The number of rotatable bonds is 1. The van der Waals surface area contributed by atoms with Crippen molar-refractivity contribution in [2.75, 3.05) is 6.61 Å². The van der Waals surface area contributed by atoms with Crippen LogP contribution in [-0.2, 0) is 0 Å². The molecule has 0 saturated carbocycles. The van der Waals surface area contributed by atoms with Crippen molar-refractivity contribution < 1.29 is 13.9 Å². The minimum atomic E-state index is 0.0269. The van der Waals surface area contributed by atoms with E-state index in [0.29, 0.717) is 23.5 Å². The summed E-state index contributed by atoms with van der Waals surface area (Å²) < 4.78 is 11.6. The number of hydrogen-bond donors (Lipinski definition) is 0. The first-order valence-corrected chi connectivity index (χ1v) is 8.18. The highest BCUT2D eigenvalue weighted by molar-refractivity contribution is 6.14. The van der Waals surface area contributed by atoms with E-state index >= 15 is 0 Å². The highest BCUT2D eigenvalue weighted by Gasteiger charge is 2.22. The third kappa shape index (κ3) is 2.24. The SMILES string of the molecule is O=C1/C(=C/c2ccc3oc4ccccc4c3c2)COc2ccccc21. The Balaban J connectivity index is 1.61. The lowest BCUT2D eigenvalue weighted by molar-refractivity contribution is 0.100. The van der Waals surface area contributed by atoms with Crippen LogP contribution >= 0.6 is 0 Å². The Morgan fingerprint density at radius 1 is 0.840 bits per heavy atom. The fourth-order valence-corrected chi connectivity index (χ4v) is 3.32. The van der Waals surface area contributed by atoms with Crippen LogP contribution in [0.1, 0.15) is 15.9 Å². The molecule has 0 saturated heterocycles. The van der Waals surface area contributed by atoms with Crippen molar-refractivity contribution in [1.82, 2.24) is 0 Å². The van der Waals surface area contributed by atoms with Gasteiger partial charge >= 0.3 is 0 Å². The van der Waals surface area contributed by atoms with E-state index in [-0.39, 0.29) is 5.78 Å². The molecule has 0 spiro atoms. The third-order valence-electron chi connectivity index (χ3n) is 4.55. The van der Waals surface area contributed by atoms with Gasteiger partial charge in [0.1, 0.15) is 23.5 Å². The molecule has 0 unspecified atom stereocenters. The molecule has 3 nitrogen and oxygen atoms in total. The van der Waals surface area contributed by atoms with E-state index in [2.05, 4.69) is 6.07 Å². The van der Waals surface area contributed by atoms with Crippen LogP contribution < -0.4 is 4.74 Å². The maximum atomic E-state index is 12.7. The lowest BCUT2D eigenvalue weighted by Crippen LogP contribution is -2.18. The van der Waals surface area contributed by atoms with Crippen LogP contribution in [0.5, 0.6) is 5.75 Å². The van der Waals surface area contributed by atoms with Crippen molar-refractivity contribution in [3.05, 3.63) is 83.4 Å². The Morgan fingerprint density at radius 3 is 2.60 bits per heavy atom. The molecule has 0 aliphatic carbocycles. The number of hydrogen-bond acceptors (Lipinski definition) is 3. The normalized spacial score (nSPS) is 15.5. The second-order valence-corrected chi connectivity index (χ2v) is 6.14. The Hall–Kier alpha value is -3.33. The number of fused-ring (bicyclic) bond motifs is 4. The summed E-state index contributed by atoms with van der Waals surface area (Å²) in [5, 5.41) is 2.13. The van der Waals surface area contributed by atoms with Crippen LogP contribution in [0.2, 0.25) is 0 Å². The molecular formula is C22H14O3. The number of carbonyl (C=O) groups is 1. The Bertz CT molecular complexity index is 1160. The molecule has 0 atom stereocenters. The predicted octanol–water partition coefficient (Wildman–Crippen LogP) is 5.24. The minimum absolute atomic E-state index is 0.0269. The van der Waals surface area contributed by atoms with E-state index in [1.165, 1.54) is 0 Å². The molecule has 0 fully saturated rings. The van der Waals surface area contributed by atoms with E-state index in [1.54, 1.807) is 6.07 Å². The van der Waals surface area contributed by atoms with Gasteiger partial charge < -0.3 is 9.15 Å². The molecule has 3 heteroatoms. The topological polar surface area (TPSA) is 39.4 Å². The lowest BCUT2D eigenvalue weighted by atomic mass is 9.98. The highest BCUT2D eigenvalue weighted by atomic mass is 16.5. The Morgan fingerprint density at radius 2 is 1.64 bits per heavy atom. The Labute approximate surface area is 144 Å². The van der Waals surface area contributed by atoms with Gasteiger partial charge in [-0.25, -0.2) is 0 Å². The largest absolute Gasteiger partial charge is 0.488 e. The van der Waals surface area contributed by atoms with Gasteiger partial charge in [0.15, 0.2) is 5.78 Å². The summed E-state index contributed by atoms with van der Waals surface area (Å²) >= 11 is 0. The number of benzene rings is 3. The van der Waals surface area contributed by atoms with Gasteiger partial charge in [-0.15, -0.1) is 0 Å². The highest BCUT2D eigenvalue weighted by Crippen LogP contribution is 2.31. The van der Waals surface area contributed by atoms with Crippen LogP contribution in [0, 0.1) is 0 Å². The monoisotopic (exact) mass is 326 g/mol. The summed E-state index contributed by atoms with van der Waals surface area (Å²) in [4.78, 5) is 12.7. The van der Waals surface area contributed by atoms with Crippen LogP contribution in [0.25, 0.3) is 28.0 Å². The molecule has 0 bridgehead atoms. The molecule has 1 aliphatic rings. The smallest absolute Gasteiger partial charge is 0.196 e. The van der Waals surface area contributed by atoms with Gasteiger partial charge in [-0.2, -0.15) is 0 Å². The van der Waals surface area contributed by atoms with Gasteiger partial charge in [0.05, 0.1) is 5.56 Å². The summed E-state index contributed by atoms with van der Waals surface area (Å²) in [6.07, 6.45) is 1.90. The fraction of sp³-hybridized carbons (Fsp3) is 0.0455. The zero-order valence-electron chi connectivity index (χ0n) is 13.4. The first-order chi connectivity index (χ1) is 12.3. The van der Waals surface area contributed by atoms with Crippen molar-refractivity contribution >= 4 is 33.8 Å². The summed E-state index contributed by atoms with van der Waals surface area (Å²) in [5.74, 6) is 0.680. The molecule has 1 aliphatic heterocycles. The zero-order chi connectivity index (χ0) is 16.8. The van der Waals surface area contributed by atoms with Crippen molar-refractivity contribution in [2.24, 2.45) is 0 Å². The van der Waals surface area contributed by atoms with Crippen LogP contribution in [0.15, 0.2) is 76.7 Å². The van der Waals surface area contributed by atoms with E-state index in [9.17, 15) is 4.79 Å². The standard InChI is InChI=1S/C22H14O3/c23-22-15(13-24-19-7-3-2-6-17(19)22)11-14-9-10-21-18(12-14)16-5-1-4-8-20(16)25-21/h1-12H,13H2/b15-11+. The average Bonchev–Trinajstić information content (AvgIpc) is 3.02. The van der Waals surface area contributed by atoms with Crippen molar-refractivity contribution in [3.63, 3.8) is 0 Å². The molecule has 25 heavy (non-hydrogen) atoms. The second kappa shape index (κ2) is 5.35.